The van der Waals surface area contributed by atoms with Crippen LogP contribution in [0.25, 0.3) is 0 Å². The number of hydrogen-bond acceptors (Lipinski definition) is 7. The molecule has 0 unspecified atom stereocenters. The van der Waals surface area contributed by atoms with E-state index in [1.54, 1.807) is 6.08 Å². The smallest absolute Gasteiger partial charge is 0.145 e. The molecule has 4 fully saturated rings. The first kappa shape index (κ1) is 26.7. The fourth-order valence-electron chi connectivity index (χ4n) is 6.21. The second kappa shape index (κ2) is 11.0. The van der Waals surface area contributed by atoms with Gasteiger partial charge in [-0.15, -0.1) is 0 Å². The minimum absolute atomic E-state index is 0.125. The Bertz CT molecular complexity index is 807. The van der Waals surface area contributed by atoms with Crippen molar-refractivity contribution in [3.8, 4) is 0 Å². The zero-order valence-corrected chi connectivity index (χ0v) is 21.1. The molecule has 4 aliphatic heterocycles. The Hall–Kier alpha value is -1.35. The molecule has 0 aromatic rings. The molecule has 7 heteroatoms. The highest BCUT2D eigenvalue weighted by molar-refractivity contribution is 5.72. The number of allylic oxidation sites excluding steroid dienone is 3. The maximum Gasteiger partial charge on any atom is 0.145 e. The molecule has 10 atom stereocenters. The van der Waals surface area contributed by atoms with Crippen molar-refractivity contribution in [3.05, 3.63) is 37.0 Å². The second-order valence-electron chi connectivity index (χ2n) is 11.2. The largest absolute Gasteiger partial charge is 0.390 e. The predicted molar refractivity (Wildman–Crippen MR) is 132 cm³/mol. The summed E-state index contributed by atoms with van der Waals surface area (Å²) in [4.78, 5) is 11.0. The lowest BCUT2D eigenvalue weighted by Gasteiger charge is -2.51. The van der Waals surface area contributed by atoms with E-state index in [0.29, 0.717) is 37.7 Å². The normalized spacial score (nSPS) is 45.9. The molecular formula is C28H42O7. The topological polar surface area (TPSA) is 94.5 Å². The first-order chi connectivity index (χ1) is 16.6. The number of carbonyl (C=O) groups is 1. The van der Waals surface area contributed by atoms with Crippen LogP contribution in [0.2, 0.25) is 0 Å². The molecule has 0 aromatic carbocycles. The van der Waals surface area contributed by atoms with E-state index in [-0.39, 0.29) is 36.6 Å². The van der Waals surface area contributed by atoms with Crippen LogP contribution >= 0.6 is 0 Å². The first-order valence-corrected chi connectivity index (χ1v) is 13.1. The van der Waals surface area contributed by atoms with Gasteiger partial charge >= 0.3 is 0 Å². The lowest BCUT2D eigenvalue weighted by molar-refractivity contribution is -0.291. The molecule has 2 N–H and O–H groups in total. The maximum atomic E-state index is 11.1. The molecule has 0 saturated carbocycles. The summed E-state index contributed by atoms with van der Waals surface area (Å²) in [5, 5.41) is 22.0. The van der Waals surface area contributed by atoms with Gasteiger partial charge in [0.05, 0.1) is 53.9 Å². The molecule has 35 heavy (non-hydrogen) atoms. The monoisotopic (exact) mass is 490 g/mol. The van der Waals surface area contributed by atoms with E-state index in [1.807, 2.05) is 19.1 Å². The van der Waals surface area contributed by atoms with Crippen molar-refractivity contribution in [1.29, 1.82) is 0 Å². The van der Waals surface area contributed by atoms with E-state index in [1.165, 1.54) is 0 Å². The third kappa shape index (κ3) is 5.97. The predicted octanol–water partition coefficient (Wildman–Crippen LogP) is 3.57. The highest BCUT2D eigenvalue weighted by atomic mass is 16.6. The van der Waals surface area contributed by atoms with Crippen LogP contribution in [0.4, 0.5) is 0 Å². The number of hydrogen-bond donors (Lipinski definition) is 2. The molecule has 4 heterocycles. The number of fused-ring (bicyclic) bond motifs is 3. The molecule has 0 aromatic heterocycles. The van der Waals surface area contributed by atoms with Gasteiger partial charge in [0.15, 0.2) is 0 Å². The average molecular weight is 491 g/mol. The van der Waals surface area contributed by atoms with Gasteiger partial charge in [0.25, 0.3) is 0 Å². The summed E-state index contributed by atoms with van der Waals surface area (Å²) >= 11 is 0. The van der Waals surface area contributed by atoms with Gasteiger partial charge < -0.3 is 29.2 Å². The van der Waals surface area contributed by atoms with Crippen LogP contribution in [0.3, 0.4) is 0 Å². The molecule has 196 valence electrons. The molecule has 4 saturated heterocycles. The van der Waals surface area contributed by atoms with E-state index < -0.39 is 23.4 Å². The molecule has 7 nitrogen and oxygen atoms in total. The molecular weight excluding hydrogens is 448 g/mol. The fourth-order valence-corrected chi connectivity index (χ4v) is 6.21. The van der Waals surface area contributed by atoms with Crippen LogP contribution in [0, 0.1) is 0 Å². The third-order valence-corrected chi connectivity index (χ3v) is 8.32. The Morgan fingerprint density at radius 2 is 1.83 bits per heavy atom. The number of aldehydes is 1. The summed E-state index contributed by atoms with van der Waals surface area (Å²) in [6.45, 7) is 11.4. The summed E-state index contributed by atoms with van der Waals surface area (Å²) in [7, 11) is 0. The molecule has 4 aliphatic rings. The standard InChI is InChI=1S/C28H42O7/c1-5-6-7-8-9-24-27(3,31)12-10-21-22(33-24)11-13-28(4)25(34-21)16-23-26(35-28)20(30)15-19(32-23)14-18(2)17-29/h5-7,17,19-26,30-31H,1-2,8-16H2,3-4H3/b7-6-/t19-,20+,21-,22-,23-,24-,25+,26+,27+,28-/m1/s1. The van der Waals surface area contributed by atoms with Crippen LogP contribution in [-0.2, 0) is 23.7 Å². The number of aliphatic hydroxyl groups excluding tert-OH is 1. The van der Waals surface area contributed by atoms with E-state index in [4.69, 9.17) is 18.9 Å². The minimum atomic E-state index is -0.917. The Morgan fingerprint density at radius 3 is 2.57 bits per heavy atom. The highest BCUT2D eigenvalue weighted by Crippen LogP contribution is 2.45. The second-order valence-corrected chi connectivity index (χ2v) is 11.2. The molecule has 0 spiro atoms. The van der Waals surface area contributed by atoms with Gasteiger partial charge in [-0.25, -0.2) is 0 Å². The molecule has 0 amide bonds. The van der Waals surface area contributed by atoms with Crippen LogP contribution < -0.4 is 0 Å². The number of ether oxygens (including phenoxy) is 4. The third-order valence-electron chi connectivity index (χ3n) is 8.32. The summed E-state index contributed by atoms with van der Waals surface area (Å²) in [5.74, 6) is 0. The average Bonchev–Trinajstić information content (AvgIpc) is 3.01. The van der Waals surface area contributed by atoms with Gasteiger partial charge in [-0.3, -0.25) is 4.79 Å². The van der Waals surface area contributed by atoms with Crippen molar-refractivity contribution in [2.24, 2.45) is 0 Å². The minimum Gasteiger partial charge on any atom is -0.390 e. The summed E-state index contributed by atoms with van der Waals surface area (Å²) < 4.78 is 26.0. The first-order valence-electron chi connectivity index (χ1n) is 13.1. The fraction of sp³-hybridized carbons (Fsp3) is 0.750. The quantitative estimate of drug-likeness (QED) is 0.320. The Balaban J connectivity index is 1.46. The SMILES string of the molecule is C=C/C=C\CC[C@H]1O[C@@H]2CC[C@@]3(C)O[C@H]4[C@@H](O)C[C@@H](CC(=C)C=O)O[C@@H]4C[C@@H]3O[C@@H]2CC[C@]1(C)O. The van der Waals surface area contributed by atoms with Crippen LogP contribution in [0.15, 0.2) is 37.0 Å². The Labute approximate surface area is 209 Å². The highest BCUT2D eigenvalue weighted by Gasteiger charge is 2.55. The van der Waals surface area contributed by atoms with E-state index >= 15 is 0 Å². The molecule has 0 bridgehead atoms. The van der Waals surface area contributed by atoms with Gasteiger partial charge in [0, 0.05) is 19.3 Å². The number of carbonyl (C=O) groups excluding carboxylic acids is 1. The number of rotatable bonds is 7. The lowest BCUT2D eigenvalue weighted by Crippen LogP contribution is -2.62. The Morgan fingerprint density at radius 1 is 1.09 bits per heavy atom. The van der Waals surface area contributed by atoms with Crippen molar-refractivity contribution in [2.75, 3.05) is 0 Å². The zero-order chi connectivity index (χ0) is 25.2. The number of aliphatic hydroxyl groups is 2. The summed E-state index contributed by atoms with van der Waals surface area (Å²) in [6, 6.07) is 0. The molecule has 0 aliphatic carbocycles. The van der Waals surface area contributed by atoms with Crippen LogP contribution in [0.5, 0.6) is 0 Å². The van der Waals surface area contributed by atoms with Crippen molar-refractivity contribution in [2.45, 2.75) is 132 Å². The molecule has 4 rings (SSSR count). The van der Waals surface area contributed by atoms with Gasteiger partial charge in [0.2, 0.25) is 0 Å². The van der Waals surface area contributed by atoms with E-state index in [9.17, 15) is 15.0 Å². The van der Waals surface area contributed by atoms with Crippen LogP contribution in [0.1, 0.15) is 71.6 Å². The van der Waals surface area contributed by atoms with Gasteiger partial charge in [-0.05, 0) is 57.9 Å². The van der Waals surface area contributed by atoms with E-state index in [2.05, 4.69) is 20.1 Å². The van der Waals surface area contributed by atoms with Crippen molar-refractivity contribution >= 4 is 6.29 Å². The van der Waals surface area contributed by atoms with Crippen molar-refractivity contribution in [3.63, 3.8) is 0 Å². The molecule has 0 radical (unpaired) electrons. The van der Waals surface area contributed by atoms with Crippen molar-refractivity contribution < 1.29 is 34.0 Å². The van der Waals surface area contributed by atoms with Gasteiger partial charge in [0.1, 0.15) is 12.4 Å². The summed E-state index contributed by atoms with van der Waals surface area (Å²) in [6.07, 6.45) is 9.86. The van der Waals surface area contributed by atoms with E-state index in [0.717, 1.165) is 32.0 Å². The zero-order valence-electron chi connectivity index (χ0n) is 21.1. The summed E-state index contributed by atoms with van der Waals surface area (Å²) in [5.41, 5.74) is -1.00. The Kier molecular flexibility index (Phi) is 8.36. The van der Waals surface area contributed by atoms with Crippen LogP contribution in [-0.4, -0.2) is 76.5 Å². The van der Waals surface area contributed by atoms with Crippen molar-refractivity contribution in [1.82, 2.24) is 0 Å². The maximum absolute atomic E-state index is 11.1. The lowest BCUT2D eigenvalue weighted by atomic mass is 9.81. The van der Waals surface area contributed by atoms with Gasteiger partial charge in [-0.2, -0.15) is 0 Å². The van der Waals surface area contributed by atoms with Gasteiger partial charge in [-0.1, -0.05) is 31.4 Å².